The Morgan fingerprint density at radius 1 is 0.946 bits per heavy atom. The van der Waals surface area contributed by atoms with Gasteiger partial charge in [0.1, 0.15) is 12.3 Å². The van der Waals surface area contributed by atoms with E-state index in [-0.39, 0.29) is 11.4 Å². The summed E-state index contributed by atoms with van der Waals surface area (Å²) in [5.41, 5.74) is 3.53. The van der Waals surface area contributed by atoms with Crippen LogP contribution in [-0.4, -0.2) is 46.0 Å². The van der Waals surface area contributed by atoms with Crippen molar-refractivity contribution in [3.63, 3.8) is 0 Å². The first-order valence-corrected chi connectivity index (χ1v) is 14.1. The van der Waals surface area contributed by atoms with Crippen molar-refractivity contribution in [2.75, 3.05) is 31.0 Å². The van der Waals surface area contributed by atoms with Crippen LogP contribution in [0.15, 0.2) is 77.7 Å². The maximum absolute atomic E-state index is 13.6. The maximum Gasteiger partial charge on any atom is 0.264 e. The van der Waals surface area contributed by atoms with Gasteiger partial charge in [0, 0.05) is 19.2 Å². The molecule has 8 heteroatoms. The summed E-state index contributed by atoms with van der Waals surface area (Å²) >= 11 is 0. The standard InChI is InChI=1S/C29H35N3O4S/c1-23-9-15-28(16-10-23)37(34,35)32(26-7-6-8-27(19-26)36-2)22-29(33)30-20-24-11-13-25(14-12-24)21-31-17-4-3-5-18-31/h6-16,19H,3-5,17-18,20-22H2,1-2H3,(H,30,33). The van der Waals surface area contributed by atoms with E-state index >= 15 is 0 Å². The zero-order chi connectivity index (χ0) is 26.3. The van der Waals surface area contributed by atoms with Gasteiger partial charge in [-0.2, -0.15) is 0 Å². The first kappa shape index (κ1) is 26.7. The van der Waals surface area contributed by atoms with Crippen LogP contribution in [0.25, 0.3) is 0 Å². The smallest absolute Gasteiger partial charge is 0.264 e. The Bertz CT molecular complexity index is 1290. The van der Waals surface area contributed by atoms with Crippen LogP contribution in [-0.2, 0) is 27.9 Å². The number of nitrogens with one attached hydrogen (secondary N) is 1. The molecule has 0 aromatic heterocycles. The molecule has 0 spiro atoms. The second-order valence-corrected chi connectivity index (χ2v) is 11.3. The Hall–Kier alpha value is -3.36. The molecular formula is C29H35N3O4S. The zero-order valence-corrected chi connectivity index (χ0v) is 22.3. The topological polar surface area (TPSA) is 79.0 Å². The molecule has 37 heavy (non-hydrogen) atoms. The third-order valence-electron chi connectivity index (χ3n) is 6.61. The zero-order valence-electron chi connectivity index (χ0n) is 21.5. The van der Waals surface area contributed by atoms with Crippen LogP contribution < -0.4 is 14.4 Å². The van der Waals surface area contributed by atoms with Gasteiger partial charge in [-0.1, -0.05) is 54.4 Å². The van der Waals surface area contributed by atoms with Crippen molar-refractivity contribution in [1.82, 2.24) is 10.2 Å². The van der Waals surface area contributed by atoms with Crippen LogP contribution in [0.1, 0.15) is 36.0 Å². The molecule has 1 N–H and O–H groups in total. The summed E-state index contributed by atoms with van der Waals surface area (Å²) in [7, 11) is -2.47. The fourth-order valence-corrected chi connectivity index (χ4v) is 5.86. The number of likely N-dealkylation sites (tertiary alicyclic amines) is 1. The second-order valence-electron chi connectivity index (χ2n) is 9.46. The predicted octanol–water partition coefficient (Wildman–Crippen LogP) is 4.50. The van der Waals surface area contributed by atoms with Gasteiger partial charge in [-0.05, 0) is 68.2 Å². The van der Waals surface area contributed by atoms with E-state index in [1.54, 1.807) is 48.5 Å². The Labute approximate surface area is 220 Å². The number of hydrogen-bond acceptors (Lipinski definition) is 5. The lowest BCUT2D eigenvalue weighted by molar-refractivity contribution is -0.119. The molecule has 3 aromatic rings. The fourth-order valence-electron chi connectivity index (χ4n) is 4.44. The average Bonchev–Trinajstić information content (AvgIpc) is 2.92. The lowest BCUT2D eigenvalue weighted by Gasteiger charge is -2.26. The van der Waals surface area contributed by atoms with Gasteiger partial charge in [0.25, 0.3) is 10.0 Å². The van der Waals surface area contributed by atoms with E-state index in [1.165, 1.54) is 31.9 Å². The van der Waals surface area contributed by atoms with E-state index in [1.807, 2.05) is 19.1 Å². The second kappa shape index (κ2) is 12.3. The van der Waals surface area contributed by atoms with E-state index < -0.39 is 15.9 Å². The molecule has 0 atom stereocenters. The molecule has 1 fully saturated rings. The number of ether oxygens (including phenoxy) is 1. The van der Waals surface area contributed by atoms with Gasteiger partial charge in [-0.3, -0.25) is 14.0 Å². The van der Waals surface area contributed by atoms with Crippen LogP contribution in [0.5, 0.6) is 5.75 Å². The number of carbonyl (C=O) groups excluding carboxylic acids is 1. The van der Waals surface area contributed by atoms with Crippen LogP contribution in [0.4, 0.5) is 5.69 Å². The number of piperidine rings is 1. The fraction of sp³-hybridized carbons (Fsp3) is 0.345. The van der Waals surface area contributed by atoms with Crippen molar-refractivity contribution in [3.8, 4) is 5.75 Å². The predicted molar refractivity (Wildman–Crippen MR) is 146 cm³/mol. The average molecular weight is 522 g/mol. The Morgan fingerprint density at radius 3 is 2.30 bits per heavy atom. The number of benzene rings is 3. The number of anilines is 1. The van der Waals surface area contributed by atoms with E-state index in [2.05, 4.69) is 22.3 Å². The van der Waals surface area contributed by atoms with Gasteiger partial charge in [0.2, 0.25) is 5.91 Å². The van der Waals surface area contributed by atoms with Gasteiger partial charge in [-0.15, -0.1) is 0 Å². The van der Waals surface area contributed by atoms with E-state index in [0.29, 0.717) is 18.0 Å². The minimum atomic E-state index is -3.98. The highest BCUT2D eigenvalue weighted by atomic mass is 32.2. The van der Waals surface area contributed by atoms with E-state index in [9.17, 15) is 13.2 Å². The summed E-state index contributed by atoms with van der Waals surface area (Å²) in [6.07, 6.45) is 3.84. The summed E-state index contributed by atoms with van der Waals surface area (Å²) in [5, 5.41) is 2.87. The first-order valence-electron chi connectivity index (χ1n) is 12.7. The van der Waals surface area contributed by atoms with Crippen LogP contribution in [0, 0.1) is 6.92 Å². The van der Waals surface area contributed by atoms with Gasteiger partial charge in [-0.25, -0.2) is 8.42 Å². The van der Waals surface area contributed by atoms with E-state index in [0.717, 1.165) is 35.1 Å². The highest BCUT2D eigenvalue weighted by molar-refractivity contribution is 7.92. The summed E-state index contributed by atoms with van der Waals surface area (Å²) in [4.78, 5) is 15.6. The molecule has 1 saturated heterocycles. The van der Waals surface area contributed by atoms with Gasteiger partial charge < -0.3 is 10.1 Å². The van der Waals surface area contributed by atoms with Crippen molar-refractivity contribution in [1.29, 1.82) is 0 Å². The monoisotopic (exact) mass is 521 g/mol. The molecule has 0 saturated carbocycles. The minimum Gasteiger partial charge on any atom is -0.497 e. The van der Waals surface area contributed by atoms with Gasteiger partial charge >= 0.3 is 0 Å². The molecule has 3 aromatic carbocycles. The largest absolute Gasteiger partial charge is 0.497 e. The van der Waals surface area contributed by atoms with Crippen LogP contribution in [0.3, 0.4) is 0 Å². The van der Waals surface area contributed by atoms with Crippen molar-refractivity contribution in [2.24, 2.45) is 0 Å². The summed E-state index contributed by atoms with van der Waals surface area (Å²) in [5.74, 6) is 0.113. The number of amides is 1. The summed E-state index contributed by atoms with van der Waals surface area (Å²) < 4.78 is 33.5. The molecule has 1 aliphatic rings. The summed E-state index contributed by atoms with van der Waals surface area (Å²) in [6.45, 7) is 5.10. The molecule has 0 radical (unpaired) electrons. The molecule has 7 nitrogen and oxygen atoms in total. The Kier molecular flexibility index (Phi) is 8.84. The molecule has 0 bridgehead atoms. The van der Waals surface area contributed by atoms with Crippen LogP contribution >= 0.6 is 0 Å². The normalized spacial score (nSPS) is 14.2. The number of rotatable bonds is 10. The third kappa shape index (κ3) is 7.11. The summed E-state index contributed by atoms with van der Waals surface area (Å²) in [6, 6.07) is 21.5. The number of methoxy groups -OCH3 is 1. The number of carbonyl (C=O) groups is 1. The lowest BCUT2D eigenvalue weighted by atomic mass is 10.1. The molecule has 4 rings (SSSR count). The number of hydrogen-bond donors (Lipinski definition) is 1. The molecule has 1 heterocycles. The van der Waals surface area contributed by atoms with Crippen molar-refractivity contribution in [3.05, 3.63) is 89.5 Å². The molecule has 0 unspecified atom stereocenters. The number of aryl methyl sites for hydroxylation is 1. The Morgan fingerprint density at radius 2 is 1.62 bits per heavy atom. The molecule has 196 valence electrons. The molecule has 0 aliphatic carbocycles. The van der Waals surface area contributed by atoms with Crippen molar-refractivity contribution >= 4 is 21.6 Å². The van der Waals surface area contributed by atoms with Gasteiger partial charge in [0.15, 0.2) is 0 Å². The first-order chi connectivity index (χ1) is 17.8. The van der Waals surface area contributed by atoms with Crippen LogP contribution in [0.2, 0.25) is 0 Å². The minimum absolute atomic E-state index is 0.123. The van der Waals surface area contributed by atoms with Crippen molar-refractivity contribution in [2.45, 2.75) is 44.2 Å². The molecular weight excluding hydrogens is 486 g/mol. The molecule has 1 amide bonds. The lowest BCUT2D eigenvalue weighted by Crippen LogP contribution is -2.40. The number of sulfonamides is 1. The molecule has 1 aliphatic heterocycles. The highest BCUT2D eigenvalue weighted by Gasteiger charge is 2.27. The SMILES string of the molecule is COc1cccc(N(CC(=O)NCc2ccc(CN3CCCCC3)cc2)S(=O)(=O)c2ccc(C)cc2)c1. The third-order valence-corrected chi connectivity index (χ3v) is 8.39. The van der Waals surface area contributed by atoms with Crippen molar-refractivity contribution < 1.29 is 17.9 Å². The van der Waals surface area contributed by atoms with E-state index in [4.69, 9.17) is 4.74 Å². The maximum atomic E-state index is 13.6. The quantitative estimate of drug-likeness (QED) is 0.425. The Balaban J connectivity index is 1.44. The highest BCUT2D eigenvalue weighted by Crippen LogP contribution is 2.27. The van der Waals surface area contributed by atoms with Gasteiger partial charge in [0.05, 0.1) is 17.7 Å². The number of nitrogens with zero attached hydrogens (tertiary/aromatic N) is 2.